The van der Waals surface area contributed by atoms with Crippen molar-refractivity contribution in [2.24, 2.45) is 0 Å². The van der Waals surface area contributed by atoms with Crippen LogP contribution in [0.4, 0.5) is 0 Å². The van der Waals surface area contributed by atoms with Crippen LogP contribution in [0.15, 0.2) is 24.3 Å². The maximum absolute atomic E-state index is 9.68. The molecule has 0 fully saturated rings. The third kappa shape index (κ3) is 3.43. The predicted octanol–water partition coefficient (Wildman–Crippen LogP) is 2.94. The molecule has 1 heterocycles. The molecule has 0 bridgehead atoms. The van der Waals surface area contributed by atoms with Crippen LogP contribution in [0.3, 0.4) is 0 Å². The molecular weight excluding hydrogens is 244 g/mol. The van der Waals surface area contributed by atoms with E-state index in [0.717, 1.165) is 28.2 Å². The Morgan fingerprint density at radius 1 is 1.17 bits per heavy atom. The Hall–Kier alpha value is -1.13. The highest BCUT2D eigenvalue weighted by atomic mass is 32.2. The Kier molecular flexibility index (Phi) is 3.88. The molecule has 0 amide bonds. The van der Waals surface area contributed by atoms with E-state index in [1.54, 1.807) is 11.8 Å². The van der Waals surface area contributed by atoms with Crippen LogP contribution in [0.2, 0.25) is 0 Å². The highest BCUT2D eigenvalue weighted by Crippen LogP contribution is 2.20. The second kappa shape index (κ2) is 5.24. The highest BCUT2D eigenvalue weighted by Gasteiger charge is 2.13. The van der Waals surface area contributed by atoms with Crippen LogP contribution >= 0.6 is 11.8 Å². The Morgan fingerprint density at radius 3 is 2.39 bits per heavy atom. The standard InChI is InChI=1S/C14H18N2OS/c1-10-13(8-18-9-14(2,3)17)16-12-7-5-4-6-11(12)15-10/h4-7,17H,8-9H2,1-3H3. The molecule has 0 saturated carbocycles. The first-order chi connectivity index (χ1) is 8.46. The number of nitrogens with zero attached hydrogens (tertiary/aromatic N) is 2. The number of para-hydroxylation sites is 2. The van der Waals surface area contributed by atoms with Gasteiger partial charge in [-0.3, -0.25) is 0 Å². The number of hydrogen-bond acceptors (Lipinski definition) is 4. The summed E-state index contributed by atoms with van der Waals surface area (Å²) in [5.74, 6) is 1.48. The number of thioether (sulfide) groups is 1. The van der Waals surface area contributed by atoms with E-state index >= 15 is 0 Å². The molecule has 0 aliphatic rings. The molecule has 1 N–H and O–H groups in total. The van der Waals surface area contributed by atoms with Crippen molar-refractivity contribution in [2.75, 3.05) is 5.75 Å². The van der Waals surface area contributed by atoms with Crippen LogP contribution in [0, 0.1) is 6.92 Å². The van der Waals surface area contributed by atoms with Gasteiger partial charge in [0.15, 0.2) is 0 Å². The van der Waals surface area contributed by atoms with Gasteiger partial charge in [0.25, 0.3) is 0 Å². The van der Waals surface area contributed by atoms with E-state index in [4.69, 9.17) is 0 Å². The van der Waals surface area contributed by atoms with Crippen LogP contribution in [-0.2, 0) is 5.75 Å². The molecule has 0 atom stereocenters. The molecule has 96 valence electrons. The fourth-order valence-corrected chi connectivity index (χ4v) is 2.73. The van der Waals surface area contributed by atoms with Crippen molar-refractivity contribution >= 4 is 22.8 Å². The summed E-state index contributed by atoms with van der Waals surface area (Å²) in [5, 5.41) is 9.68. The molecule has 4 heteroatoms. The van der Waals surface area contributed by atoms with Gasteiger partial charge in [-0.05, 0) is 32.9 Å². The summed E-state index contributed by atoms with van der Waals surface area (Å²) in [6, 6.07) is 7.90. The second-order valence-corrected chi connectivity index (χ2v) is 6.04. The molecular formula is C14H18N2OS. The van der Waals surface area contributed by atoms with Gasteiger partial charge in [0.2, 0.25) is 0 Å². The Morgan fingerprint density at radius 2 is 1.78 bits per heavy atom. The minimum absolute atomic E-state index is 0.636. The zero-order chi connectivity index (χ0) is 13.2. The van der Waals surface area contributed by atoms with Gasteiger partial charge in [-0.15, -0.1) is 0 Å². The van der Waals surface area contributed by atoms with E-state index in [1.165, 1.54) is 0 Å². The van der Waals surface area contributed by atoms with E-state index in [1.807, 2.05) is 45.0 Å². The third-order valence-corrected chi connectivity index (χ3v) is 3.93. The largest absolute Gasteiger partial charge is 0.390 e. The van der Waals surface area contributed by atoms with Crippen molar-refractivity contribution in [2.45, 2.75) is 32.1 Å². The summed E-state index contributed by atoms with van der Waals surface area (Å²) in [5.41, 5.74) is 3.20. The zero-order valence-electron chi connectivity index (χ0n) is 11.0. The van der Waals surface area contributed by atoms with Crippen molar-refractivity contribution < 1.29 is 5.11 Å². The monoisotopic (exact) mass is 262 g/mol. The molecule has 0 unspecified atom stereocenters. The van der Waals surface area contributed by atoms with E-state index in [0.29, 0.717) is 5.75 Å². The van der Waals surface area contributed by atoms with Crippen LogP contribution in [0.25, 0.3) is 11.0 Å². The van der Waals surface area contributed by atoms with Gasteiger partial charge >= 0.3 is 0 Å². The summed E-state index contributed by atoms with van der Waals surface area (Å²) in [4.78, 5) is 9.18. The Labute approximate surface area is 112 Å². The predicted molar refractivity (Wildman–Crippen MR) is 76.7 cm³/mol. The number of aryl methyl sites for hydroxylation is 1. The topological polar surface area (TPSA) is 46.0 Å². The number of fused-ring (bicyclic) bond motifs is 1. The van der Waals surface area contributed by atoms with E-state index in [-0.39, 0.29) is 0 Å². The van der Waals surface area contributed by atoms with Crippen molar-refractivity contribution in [1.29, 1.82) is 0 Å². The first kappa shape index (κ1) is 13.3. The molecule has 2 rings (SSSR count). The van der Waals surface area contributed by atoms with Crippen LogP contribution in [-0.4, -0.2) is 26.4 Å². The molecule has 0 radical (unpaired) electrons. The average Bonchev–Trinajstić information content (AvgIpc) is 2.28. The lowest BCUT2D eigenvalue weighted by atomic mass is 10.2. The summed E-state index contributed by atoms with van der Waals surface area (Å²) >= 11 is 1.68. The summed E-state index contributed by atoms with van der Waals surface area (Å²) in [6.45, 7) is 5.62. The molecule has 0 spiro atoms. The molecule has 1 aromatic heterocycles. The zero-order valence-corrected chi connectivity index (χ0v) is 11.8. The lowest BCUT2D eigenvalue weighted by Crippen LogP contribution is -2.21. The summed E-state index contributed by atoms with van der Waals surface area (Å²) in [6.07, 6.45) is 0. The Balaban J connectivity index is 2.15. The van der Waals surface area contributed by atoms with Gasteiger partial charge in [-0.25, -0.2) is 9.97 Å². The SMILES string of the molecule is Cc1nc2ccccc2nc1CSCC(C)(C)O. The molecule has 0 saturated heterocycles. The minimum atomic E-state index is -0.636. The van der Waals surface area contributed by atoms with Crippen molar-refractivity contribution in [3.8, 4) is 0 Å². The number of hydrogen-bond donors (Lipinski definition) is 1. The van der Waals surface area contributed by atoms with Crippen LogP contribution < -0.4 is 0 Å². The smallest absolute Gasteiger partial charge is 0.0890 e. The van der Waals surface area contributed by atoms with E-state index in [2.05, 4.69) is 9.97 Å². The highest BCUT2D eigenvalue weighted by molar-refractivity contribution is 7.98. The summed E-state index contributed by atoms with van der Waals surface area (Å²) in [7, 11) is 0. The summed E-state index contributed by atoms with van der Waals surface area (Å²) < 4.78 is 0. The van der Waals surface area contributed by atoms with Crippen LogP contribution in [0.5, 0.6) is 0 Å². The van der Waals surface area contributed by atoms with Crippen molar-refractivity contribution in [1.82, 2.24) is 9.97 Å². The maximum atomic E-state index is 9.68. The van der Waals surface area contributed by atoms with E-state index < -0.39 is 5.60 Å². The number of aromatic nitrogens is 2. The fraction of sp³-hybridized carbons (Fsp3) is 0.429. The quantitative estimate of drug-likeness (QED) is 0.920. The first-order valence-corrected chi connectivity index (χ1v) is 7.13. The molecule has 1 aromatic carbocycles. The second-order valence-electron chi connectivity index (χ2n) is 5.05. The lowest BCUT2D eigenvalue weighted by Gasteiger charge is -2.16. The number of benzene rings is 1. The maximum Gasteiger partial charge on any atom is 0.0890 e. The number of rotatable bonds is 4. The Bertz CT molecular complexity index is 549. The van der Waals surface area contributed by atoms with Gasteiger partial charge in [-0.1, -0.05) is 12.1 Å². The molecule has 18 heavy (non-hydrogen) atoms. The number of aliphatic hydroxyl groups is 1. The molecule has 2 aromatic rings. The van der Waals surface area contributed by atoms with Gasteiger partial charge in [-0.2, -0.15) is 11.8 Å². The average molecular weight is 262 g/mol. The molecule has 3 nitrogen and oxygen atoms in total. The fourth-order valence-electron chi connectivity index (χ4n) is 1.66. The molecule has 0 aliphatic heterocycles. The van der Waals surface area contributed by atoms with Gasteiger partial charge in [0.1, 0.15) is 0 Å². The van der Waals surface area contributed by atoms with Gasteiger partial charge in [0.05, 0.1) is 28.0 Å². The minimum Gasteiger partial charge on any atom is -0.390 e. The van der Waals surface area contributed by atoms with Crippen molar-refractivity contribution in [3.05, 3.63) is 35.7 Å². The van der Waals surface area contributed by atoms with Gasteiger partial charge in [0, 0.05) is 11.5 Å². The van der Waals surface area contributed by atoms with Crippen molar-refractivity contribution in [3.63, 3.8) is 0 Å². The van der Waals surface area contributed by atoms with Crippen LogP contribution in [0.1, 0.15) is 25.2 Å². The third-order valence-electron chi connectivity index (χ3n) is 2.54. The normalized spacial score (nSPS) is 12.0. The molecule has 0 aliphatic carbocycles. The van der Waals surface area contributed by atoms with E-state index in [9.17, 15) is 5.11 Å². The lowest BCUT2D eigenvalue weighted by molar-refractivity contribution is 0.107. The first-order valence-electron chi connectivity index (χ1n) is 5.98. The van der Waals surface area contributed by atoms with Gasteiger partial charge < -0.3 is 5.11 Å².